The van der Waals surface area contributed by atoms with Crippen LogP contribution in [0.3, 0.4) is 0 Å². The quantitative estimate of drug-likeness (QED) is 0.662. The van der Waals surface area contributed by atoms with Crippen LogP contribution in [0.15, 0.2) is 48.5 Å². The zero-order valence-electron chi connectivity index (χ0n) is 14.3. The highest BCUT2D eigenvalue weighted by Gasteiger charge is 2.26. The van der Waals surface area contributed by atoms with Crippen LogP contribution in [-0.2, 0) is 22.6 Å². The van der Waals surface area contributed by atoms with Crippen molar-refractivity contribution in [3.05, 3.63) is 59.9 Å². The topological polar surface area (TPSA) is 86.9 Å². The predicted octanol–water partition coefficient (Wildman–Crippen LogP) is 2.77. The molecule has 132 valence electrons. The van der Waals surface area contributed by atoms with Gasteiger partial charge in [0.15, 0.2) is 0 Å². The third-order valence-electron chi connectivity index (χ3n) is 4.72. The third kappa shape index (κ3) is 3.44. The number of para-hydroxylation sites is 3. The first kappa shape index (κ1) is 16.3. The number of benzene rings is 2. The van der Waals surface area contributed by atoms with Crippen LogP contribution in [0.1, 0.15) is 24.2 Å². The second-order valence-electron chi connectivity index (χ2n) is 6.56. The lowest BCUT2D eigenvalue weighted by Crippen LogP contribution is -2.31. The van der Waals surface area contributed by atoms with Gasteiger partial charge in [0.1, 0.15) is 5.82 Å². The number of aromatic nitrogens is 2. The third-order valence-corrected chi connectivity index (χ3v) is 4.72. The molecule has 4 rings (SSSR count). The van der Waals surface area contributed by atoms with Crippen molar-refractivity contribution in [1.82, 2.24) is 15.3 Å². The molecule has 1 atom stereocenters. The summed E-state index contributed by atoms with van der Waals surface area (Å²) in [6.07, 6.45) is 1.53. The van der Waals surface area contributed by atoms with Gasteiger partial charge in [-0.25, -0.2) is 4.98 Å². The summed E-state index contributed by atoms with van der Waals surface area (Å²) in [7, 11) is 0. The Bertz CT molecular complexity index is 930. The molecule has 1 aliphatic heterocycles. The molecule has 2 aromatic carbocycles. The Morgan fingerprint density at radius 2 is 1.96 bits per heavy atom. The summed E-state index contributed by atoms with van der Waals surface area (Å²) in [5.74, 6) is 0.483. The number of imidazole rings is 1. The Balaban J connectivity index is 1.29. The lowest BCUT2D eigenvalue weighted by atomic mass is 9.89. The van der Waals surface area contributed by atoms with Gasteiger partial charge in [0.05, 0.1) is 17.6 Å². The van der Waals surface area contributed by atoms with Crippen LogP contribution < -0.4 is 10.6 Å². The van der Waals surface area contributed by atoms with E-state index in [1.54, 1.807) is 0 Å². The van der Waals surface area contributed by atoms with E-state index in [2.05, 4.69) is 20.6 Å². The van der Waals surface area contributed by atoms with Gasteiger partial charge in [0.2, 0.25) is 11.8 Å². The molecule has 0 spiro atoms. The molecule has 3 aromatic rings. The van der Waals surface area contributed by atoms with Crippen LogP contribution in [0.4, 0.5) is 5.69 Å². The molecule has 1 unspecified atom stereocenters. The highest BCUT2D eigenvalue weighted by Crippen LogP contribution is 2.27. The molecule has 3 N–H and O–H groups in total. The fraction of sp³-hybridized carbons (Fsp3) is 0.250. The minimum Gasteiger partial charge on any atom is -0.349 e. The Morgan fingerprint density at radius 3 is 2.85 bits per heavy atom. The van der Waals surface area contributed by atoms with Gasteiger partial charge in [0.25, 0.3) is 0 Å². The van der Waals surface area contributed by atoms with Crippen LogP contribution in [0.2, 0.25) is 0 Å². The molecule has 0 bridgehead atoms. The van der Waals surface area contributed by atoms with E-state index in [1.165, 1.54) is 0 Å². The SMILES string of the molecule is O=C(CCC1Cc2ccccc2NC1=O)NCc1nc2ccccc2[nH]1. The fourth-order valence-electron chi connectivity index (χ4n) is 3.31. The van der Waals surface area contributed by atoms with E-state index in [9.17, 15) is 9.59 Å². The molecule has 6 heteroatoms. The summed E-state index contributed by atoms with van der Waals surface area (Å²) in [5, 5.41) is 5.79. The average molecular weight is 348 g/mol. The van der Waals surface area contributed by atoms with Gasteiger partial charge in [-0.15, -0.1) is 0 Å². The molecule has 0 saturated heterocycles. The number of H-pyrrole nitrogens is 1. The van der Waals surface area contributed by atoms with Crippen molar-refractivity contribution in [2.24, 2.45) is 5.92 Å². The van der Waals surface area contributed by atoms with Crippen molar-refractivity contribution in [1.29, 1.82) is 0 Å². The van der Waals surface area contributed by atoms with Crippen LogP contribution in [-0.4, -0.2) is 21.8 Å². The molecule has 0 fully saturated rings. The minimum atomic E-state index is -0.165. The van der Waals surface area contributed by atoms with E-state index in [-0.39, 0.29) is 17.7 Å². The van der Waals surface area contributed by atoms with Gasteiger partial charge in [-0.1, -0.05) is 30.3 Å². The number of nitrogens with zero attached hydrogens (tertiary/aromatic N) is 1. The molecule has 26 heavy (non-hydrogen) atoms. The largest absolute Gasteiger partial charge is 0.349 e. The molecule has 2 heterocycles. The summed E-state index contributed by atoms with van der Waals surface area (Å²) >= 11 is 0. The highest BCUT2D eigenvalue weighted by atomic mass is 16.2. The second-order valence-corrected chi connectivity index (χ2v) is 6.56. The maximum atomic E-state index is 12.2. The van der Waals surface area contributed by atoms with Crippen molar-refractivity contribution in [3.63, 3.8) is 0 Å². The van der Waals surface area contributed by atoms with Gasteiger partial charge in [0, 0.05) is 18.0 Å². The Labute approximate surface area is 151 Å². The first-order chi connectivity index (χ1) is 12.7. The molecule has 2 amide bonds. The number of anilines is 1. The maximum absolute atomic E-state index is 12.2. The molecule has 0 radical (unpaired) electrons. The number of amides is 2. The lowest BCUT2D eigenvalue weighted by molar-refractivity contribution is -0.123. The molecule has 1 aromatic heterocycles. The zero-order valence-corrected chi connectivity index (χ0v) is 14.3. The Kier molecular flexibility index (Phi) is 4.39. The van der Waals surface area contributed by atoms with E-state index in [1.807, 2.05) is 48.5 Å². The fourth-order valence-corrected chi connectivity index (χ4v) is 3.31. The van der Waals surface area contributed by atoms with E-state index in [0.717, 1.165) is 28.1 Å². The maximum Gasteiger partial charge on any atom is 0.227 e. The molecule has 6 nitrogen and oxygen atoms in total. The predicted molar refractivity (Wildman–Crippen MR) is 99.4 cm³/mol. The first-order valence-electron chi connectivity index (χ1n) is 8.78. The number of rotatable bonds is 5. The normalized spacial score (nSPS) is 16.2. The molecule has 0 aliphatic carbocycles. The van der Waals surface area contributed by atoms with E-state index in [4.69, 9.17) is 0 Å². The number of aromatic amines is 1. The van der Waals surface area contributed by atoms with Crippen molar-refractivity contribution in [3.8, 4) is 0 Å². The smallest absolute Gasteiger partial charge is 0.227 e. The number of hydrogen-bond donors (Lipinski definition) is 3. The highest BCUT2D eigenvalue weighted by molar-refractivity contribution is 5.96. The summed E-state index contributed by atoms with van der Waals surface area (Å²) in [5.41, 5.74) is 3.84. The van der Waals surface area contributed by atoms with E-state index in [0.29, 0.717) is 25.8 Å². The first-order valence-corrected chi connectivity index (χ1v) is 8.78. The number of carbonyl (C=O) groups is 2. The molecular formula is C20H20N4O2. The van der Waals surface area contributed by atoms with Crippen molar-refractivity contribution in [2.75, 3.05) is 5.32 Å². The van der Waals surface area contributed by atoms with Gasteiger partial charge in [-0.05, 0) is 36.6 Å². The van der Waals surface area contributed by atoms with Gasteiger partial charge < -0.3 is 15.6 Å². The monoisotopic (exact) mass is 348 g/mol. The molecule has 1 aliphatic rings. The number of hydrogen-bond acceptors (Lipinski definition) is 3. The summed E-state index contributed by atoms with van der Waals surface area (Å²) < 4.78 is 0. The Morgan fingerprint density at radius 1 is 1.15 bits per heavy atom. The standard InChI is InChI=1S/C20H20N4O2/c25-19(21-12-18-22-16-7-3-4-8-17(16)23-18)10-9-14-11-13-5-1-2-6-15(13)24-20(14)26/h1-8,14H,9-12H2,(H,21,25)(H,22,23)(H,24,26). The number of nitrogens with one attached hydrogen (secondary N) is 3. The minimum absolute atomic E-state index is 0.00576. The summed E-state index contributed by atoms with van der Waals surface area (Å²) in [4.78, 5) is 32.0. The van der Waals surface area contributed by atoms with Crippen LogP contribution in [0.25, 0.3) is 11.0 Å². The summed E-state index contributed by atoms with van der Waals surface area (Å²) in [6, 6.07) is 15.5. The number of fused-ring (bicyclic) bond motifs is 2. The van der Waals surface area contributed by atoms with Gasteiger partial charge in [-0.3, -0.25) is 9.59 Å². The van der Waals surface area contributed by atoms with Crippen molar-refractivity contribution in [2.45, 2.75) is 25.8 Å². The Hall–Kier alpha value is -3.15. The van der Waals surface area contributed by atoms with Gasteiger partial charge >= 0.3 is 0 Å². The van der Waals surface area contributed by atoms with Gasteiger partial charge in [-0.2, -0.15) is 0 Å². The molecule has 0 saturated carbocycles. The molecular weight excluding hydrogens is 328 g/mol. The van der Waals surface area contributed by atoms with Crippen LogP contribution in [0, 0.1) is 5.92 Å². The van der Waals surface area contributed by atoms with E-state index < -0.39 is 0 Å². The lowest BCUT2D eigenvalue weighted by Gasteiger charge is -2.24. The van der Waals surface area contributed by atoms with Crippen LogP contribution in [0.5, 0.6) is 0 Å². The second kappa shape index (κ2) is 7.00. The van der Waals surface area contributed by atoms with Crippen LogP contribution >= 0.6 is 0 Å². The number of carbonyl (C=O) groups excluding carboxylic acids is 2. The average Bonchev–Trinajstić information content (AvgIpc) is 3.07. The van der Waals surface area contributed by atoms with E-state index >= 15 is 0 Å². The van der Waals surface area contributed by atoms with Crippen molar-refractivity contribution < 1.29 is 9.59 Å². The summed E-state index contributed by atoms with van der Waals surface area (Å²) in [6.45, 7) is 0.354. The zero-order chi connectivity index (χ0) is 17.9. The van der Waals surface area contributed by atoms with Crippen molar-refractivity contribution >= 4 is 28.5 Å².